The highest BCUT2D eigenvalue weighted by Crippen LogP contribution is 2.23. The van der Waals surface area contributed by atoms with E-state index >= 15 is 0 Å². The molecule has 1 saturated heterocycles. The van der Waals surface area contributed by atoms with E-state index in [4.69, 9.17) is 9.47 Å². The van der Waals surface area contributed by atoms with Gasteiger partial charge in [0.25, 0.3) is 0 Å². The Morgan fingerprint density at radius 1 is 0.380 bits per heavy atom. The SMILES string of the molecule is CC/C=C\C/C=C\C/C=C\C/C=C\C/C=C\C/C=C\C/C=C\CCCCCCCCCCCCCCCCCC(=O)NC(COC1OC(CO)C(O)C(O)C1O)C(O)/C=C/CC/C=C/CCCCCCCCCCCCCCCCCCCCCCCCCCCC. The minimum absolute atomic E-state index is 0.186. The van der Waals surface area contributed by atoms with Crippen molar-refractivity contribution in [1.82, 2.24) is 5.32 Å². The van der Waals surface area contributed by atoms with Crippen molar-refractivity contribution in [3.63, 3.8) is 0 Å². The zero-order valence-electron chi connectivity index (χ0n) is 59.8. The monoisotopic (exact) mass is 1290 g/mol. The number of hydrogen-bond donors (Lipinski definition) is 6. The van der Waals surface area contributed by atoms with Crippen LogP contribution in [0.15, 0.2) is 109 Å². The van der Waals surface area contributed by atoms with Gasteiger partial charge in [0.15, 0.2) is 6.29 Å². The van der Waals surface area contributed by atoms with Crippen molar-refractivity contribution >= 4 is 5.91 Å². The van der Waals surface area contributed by atoms with Gasteiger partial charge >= 0.3 is 0 Å². The van der Waals surface area contributed by atoms with Gasteiger partial charge in [-0.25, -0.2) is 0 Å². The third-order valence-electron chi connectivity index (χ3n) is 18.1. The molecule has 6 N–H and O–H groups in total. The molecule has 1 amide bonds. The summed E-state index contributed by atoms with van der Waals surface area (Å²) in [5, 5.41) is 54.9. The molecule has 1 aliphatic rings. The largest absolute Gasteiger partial charge is 0.394 e. The van der Waals surface area contributed by atoms with Crippen LogP contribution < -0.4 is 5.32 Å². The second kappa shape index (κ2) is 70.6. The predicted octanol–water partition coefficient (Wildman–Crippen LogP) is 22.4. The number of allylic oxidation sites excluding steroid dienone is 17. The molecule has 1 heterocycles. The molecule has 0 aromatic carbocycles. The van der Waals surface area contributed by atoms with E-state index in [0.717, 1.165) is 83.5 Å². The maximum absolute atomic E-state index is 13.2. The van der Waals surface area contributed by atoms with Crippen molar-refractivity contribution in [3.8, 4) is 0 Å². The molecule has 1 aliphatic heterocycles. The molecular formula is C83H147NO8. The van der Waals surface area contributed by atoms with Crippen LogP contribution in [0.1, 0.15) is 354 Å². The van der Waals surface area contributed by atoms with E-state index in [1.165, 1.54) is 250 Å². The zero-order chi connectivity index (χ0) is 66.4. The van der Waals surface area contributed by atoms with E-state index in [2.05, 4.69) is 116 Å². The molecule has 0 saturated carbocycles. The van der Waals surface area contributed by atoms with Gasteiger partial charge in [0.2, 0.25) is 5.91 Å². The van der Waals surface area contributed by atoms with E-state index in [1.807, 2.05) is 6.08 Å². The lowest BCUT2D eigenvalue weighted by atomic mass is 9.99. The number of ether oxygens (including phenoxy) is 2. The summed E-state index contributed by atoms with van der Waals surface area (Å²) in [6.45, 7) is 3.69. The van der Waals surface area contributed by atoms with Gasteiger partial charge < -0.3 is 40.3 Å². The first-order chi connectivity index (χ1) is 45.3. The standard InChI is InChI=1S/C83H147NO8/c1-3-5-7-9-11-13-15-17-19-21-23-25-27-29-31-33-35-37-38-39-40-41-43-45-47-49-51-53-55-57-59-61-63-65-67-69-71-73-79(87)84-76(75-91-83-82(90)81(89)80(88)78(74-85)92-83)77(86)72-70-68-66-64-62-60-58-56-54-52-50-48-46-44-42-36-34-32-30-28-26-24-22-20-18-16-14-12-10-8-6-4-2/h5,7,11,13,17,19,23,25,29,31,35,37,39-40,62,64,70,72,76-78,80-83,85-86,88-90H,3-4,6,8-10,12,14-16,18,20-22,24,26-28,30,32-34,36,38,41-61,63,65-69,71,73-75H2,1-2H3,(H,84,87)/b7-5-,13-11-,19-17-,25-23-,31-29-,37-35-,40-39-,64-62+,72-70+. The van der Waals surface area contributed by atoms with Crippen LogP contribution in [0.25, 0.3) is 0 Å². The number of nitrogens with one attached hydrogen (secondary N) is 1. The Labute approximate surface area is 567 Å². The fourth-order valence-corrected chi connectivity index (χ4v) is 12.0. The van der Waals surface area contributed by atoms with Crippen LogP contribution in [0.3, 0.4) is 0 Å². The molecule has 92 heavy (non-hydrogen) atoms. The molecule has 9 heteroatoms. The summed E-state index contributed by atoms with van der Waals surface area (Å²) in [6, 6.07) is -0.830. The third kappa shape index (κ3) is 58.2. The smallest absolute Gasteiger partial charge is 0.220 e. The molecule has 7 atom stereocenters. The summed E-state index contributed by atoms with van der Waals surface area (Å²) in [6.07, 6.45) is 98.0. The van der Waals surface area contributed by atoms with E-state index < -0.39 is 49.5 Å². The maximum Gasteiger partial charge on any atom is 0.220 e. The van der Waals surface area contributed by atoms with Crippen molar-refractivity contribution in [2.24, 2.45) is 0 Å². The van der Waals surface area contributed by atoms with E-state index in [0.29, 0.717) is 6.42 Å². The lowest BCUT2D eigenvalue weighted by molar-refractivity contribution is -0.302. The highest BCUT2D eigenvalue weighted by Gasteiger charge is 2.44. The number of rotatable bonds is 68. The van der Waals surface area contributed by atoms with Crippen LogP contribution in [0.5, 0.6) is 0 Å². The molecule has 0 aromatic rings. The molecule has 0 radical (unpaired) electrons. The Balaban J connectivity index is 2.11. The Morgan fingerprint density at radius 2 is 0.685 bits per heavy atom. The normalized spacial score (nSPS) is 18.3. The van der Waals surface area contributed by atoms with Crippen molar-refractivity contribution < 1.29 is 39.8 Å². The number of hydrogen-bond acceptors (Lipinski definition) is 8. The molecule has 9 nitrogen and oxygen atoms in total. The van der Waals surface area contributed by atoms with Crippen LogP contribution in [0.4, 0.5) is 0 Å². The van der Waals surface area contributed by atoms with Crippen LogP contribution >= 0.6 is 0 Å². The average Bonchev–Trinajstić information content (AvgIpc) is 1.00. The van der Waals surface area contributed by atoms with Crippen LogP contribution in [0.2, 0.25) is 0 Å². The Morgan fingerprint density at radius 3 is 1.04 bits per heavy atom. The number of aliphatic hydroxyl groups excluding tert-OH is 5. The second-order valence-electron chi connectivity index (χ2n) is 26.8. The first-order valence-corrected chi connectivity index (χ1v) is 39.1. The summed E-state index contributed by atoms with van der Waals surface area (Å²) >= 11 is 0. The summed E-state index contributed by atoms with van der Waals surface area (Å²) < 4.78 is 11.3. The Hall–Kier alpha value is -3.15. The van der Waals surface area contributed by atoms with Crippen LogP contribution in [-0.4, -0.2) is 87.5 Å². The fourth-order valence-electron chi connectivity index (χ4n) is 12.0. The number of amides is 1. The fraction of sp³-hybridized carbons (Fsp3) is 0.771. The van der Waals surface area contributed by atoms with Gasteiger partial charge in [0.05, 0.1) is 25.4 Å². The molecule has 0 aliphatic carbocycles. The van der Waals surface area contributed by atoms with Crippen molar-refractivity contribution in [2.45, 2.75) is 397 Å². The molecule has 1 rings (SSSR count). The number of unbranched alkanes of at least 4 members (excludes halogenated alkanes) is 42. The molecule has 0 bridgehead atoms. The minimum atomic E-state index is -1.58. The first-order valence-electron chi connectivity index (χ1n) is 39.1. The lowest BCUT2D eigenvalue weighted by Gasteiger charge is -2.40. The Bertz CT molecular complexity index is 1830. The van der Waals surface area contributed by atoms with Crippen molar-refractivity contribution in [2.75, 3.05) is 13.2 Å². The number of carbonyl (C=O) groups is 1. The summed E-state index contributed by atoms with van der Waals surface area (Å²) in [5.41, 5.74) is 0. The molecule has 532 valence electrons. The zero-order valence-corrected chi connectivity index (χ0v) is 59.8. The van der Waals surface area contributed by atoms with E-state index in [-0.39, 0.29) is 12.5 Å². The maximum atomic E-state index is 13.2. The summed E-state index contributed by atoms with van der Waals surface area (Å²) in [5.74, 6) is -0.186. The highest BCUT2D eigenvalue weighted by atomic mass is 16.7. The molecular weight excluding hydrogens is 1140 g/mol. The lowest BCUT2D eigenvalue weighted by Crippen LogP contribution is -2.60. The van der Waals surface area contributed by atoms with Gasteiger partial charge in [-0.1, -0.05) is 367 Å². The molecule has 1 fully saturated rings. The average molecular weight is 1290 g/mol. The van der Waals surface area contributed by atoms with Crippen molar-refractivity contribution in [1.29, 1.82) is 0 Å². The van der Waals surface area contributed by atoms with Crippen molar-refractivity contribution in [3.05, 3.63) is 109 Å². The summed E-state index contributed by atoms with van der Waals surface area (Å²) in [7, 11) is 0. The van der Waals surface area contributed by atoms with Gasteiger partial charge in [0.1, 0.15) is 24.4 Å². The number of aliphatic hydroxyl groups is 5. The van der Waals surface area contributed by atoms with Gasteiger partial charge in [0, 0.05) is 6.42 Å². The second-order valence-corrected chi connectivity index (χ2v) is 26.8. The quantitative estimate of drug-likeness (QED) is 0.0261. The van der Waals surface area contributed by atoms with Gasteiger partial charge in [-0.15, -0.1) is 0 Å². The topological polar surface area (TPSA) is 149 Å². The van der Waals surface area contributed by atoms with Crippen LogP contribution in [-0.2, 0) is 14.3 Å². The summed E-state index contributed by atoms with van der Waals surface area (Å²) in [4.78, 5) is 13.2. The third-order valence-corrected chi connectivity index (χ3v) is 18.1. The first kappa shape index (κ1) is 86.9. The van der Waals surface area contributed by atoms with Gasteiger partial charge in [-0.3, -0.25) is 4.79 Å². The Kier molecular flexibility index (Phi) is 66.7. The molecule has 0 spiro atoms. The predicted molar refractivity (Wildman–Crippen MR) is 396 cm³/mol. The number of carbonyl (C=O) groups excluding carboxylic acids is 1. The van der Waals surface area contributed by atoms with Gasteiger partial charge in [-0.05, 0) is 89.9 Å². The van der Waals surface area contributed by atoms with Crippen LogP contribution in [0, 0.1) is 0 Å². The molecule has 0 aromatic heterocycles. The molecule has 7 unspecified atom stereocenters. The van der Waals surface area contributed by atoms with E-state index in [9.17, 15) is 30.3 Å². The van der Waals surface area contributed by atoms with Gasteiger partial charge in [-0.2, -0.15) is 0 Å². The highest BCUT2D eigenvalue weighted by molar-refractivity contribution is 5.76. The minimum Gasteiger partial charge on any atom is -0.394 e. The van der Waals surface area contributed by atoms with E-state index in [1.54, 1.807) is 6.08 Å².